The van der Waals surface area contributed by atoms with Crippen LogP contribution in [-0.2, 0) is 4.74 Å². The zero-order valence-corrected chi connectivity index (χ0v) is 4.85. The van der Waals surface area contributed by atoms with Gasteiger partial charge in [0.1, 0.15) is 0 Å². The number of nitrogens with one attached hydrogen (secondary N) is 1. The molecule has 0 bridgehead atoms. The highest BCUT2D eigenvalue weighted by molar-refractivity contribution is 4.80. The van der Waals surface area contributed by atoms with Gasteiger partial charge in [-0.1, -0.05) is 6.08 Å². The summed E-state index contributed by atoms with van der Waals surface area (Å²) in [6.45, 7) is 5.24. The van der Waals surface area contributed by atoms with Gasteiger partial charge in [-0.25, -0.2) is 5.84 Å². The summed E-state index contributed by atoms with van der Waals surface area (Å²) >= 11 is 0. The molecule has 0 aliphatic carbocycles. The standard InChI is InChI=1S/C5H10N2O/c1-3-4-8-5(2)7-6/h3-4,7H,2,6H2,1H3/b4-3-. The van der Waals surface area contributed by atoms with E-state index in [0.717, 1.165) is 0 Å². The Kier molecular flexibility index (Phi) is 3.70. The van der Waals surface area contributed by atoms with Crippen LogP contribution in [0.2, 0.25) is 0 Å². The van der Waals surface area contributed by atoms with Crippen molar-refractivity contribution in [3.8, 4) is 0 Å². The minimum absolute atomic E-state index is 0.336. The van der Waals surface area contributed by atoms with Crippen LogP contribution >= 0.6 is 0 Å². The Morgan fingerprint density at radius 2 is 2.50 bits per heavy atom. The zero-order valence-electron chi connectivity index (χ0n) is 4.85. The molecule has 0 aliphatic rings. The SMILES string of the molecule is C=C(NN)O/C=C\C. The first-order valence-electron chi connectivity index (χ1n) is 2.24. The van der Waals surface area contributed by atoms with Crippen molar-refractivity contribution in [3.63, 3.8) is 0 Å². The molecule has 46 valence electrons. The van der Waals surface area contributed by atoms with Gasteiger partial charge < -0.3 is 4.74 Å². The first-order chi connectivity index (χ1) is 3.81. The highest BCUT2D eigenvalue weighted by Gasteiger charge is 1.79. The Balaban J connectivity index is 3.25. The molecule has 0 aromatic rings. The van der Waals surface area contributed by atoms with Crippen molar-refractivity contribution in [3.05, 3.63) is 24.8 Å². The van der Waals surface area contributed by atoms with Gasteiger partial charge in [-0.3, -0.25) is 5.43 Å². The Morgan fingerprint density at radius 1 is 1.88 bits per heavy atom. The van der Waals surface area contributed by atoms with E-state index in [1.54, 1.807) is 6.08 Å². The third kappa shape index (κ3) is 3.24. The molecular weight excluding hydrogens is 104 g/mol. The number of hydrogen-bond donors (Lipinski definition) is 2. The van der Waals surface area contributed by atoms with Crippen LogP contribution in [0, 0.1) is 0 Å². The van der Waals surface area contributed by atoms with Gasteiger partial charge in [0.15, 0.2) is 5.88 Å². The average Bonchev–Trinajstić information content (AvgIpc) is 1.83. The molecule has 0 aromatic carbocycles. The van der Waals surface area contributed by atoms with E-state index in [0.29, 0.717) is 5.88 Å². The lowest BCUT2D eigenvalue weighted by Gasteiger charge is -1.99. The molecule has 0 unspecified atom stereocenters. The van der Waals surface area contributed by atoms with Gasteiger partial charge in [0.2, 0.25) is 0 Å². The lowest BCUT2D eigenvalue weighted by Crippen LogP contribution is -2.20. The Morgan fingerprint density at radius 3 is 2.88 bits per heavy atom. The normalized spacial score (nSPS) is 9.25. The van der Waals surface area contributed by atoms with Gasteiger partial charge >= 0.3 is 0 Å². The maximum Gasteiger partial charge on any atom is 0.199 e. The van der Waals surface area contributed by atoms with E-state index in [9.17, 15) is 0 Å². The van der Waals surface area contributed by atoms with Gasteiger partial charge in [0, 0.05) is 0 Å². The van der Waals surface area contributed by atoms with Crippen LogP contribution in [0.3, 0.4) is 0 Å². The molecule has 0 atom stereocenters. The second-order valence-electron chi connectivity index (χ2n) is 1.15. The largest absolute Gasteiger partial charge is 0.449 e. The summed E-state index contributed by atoms with van der Waals surface area (Å²) in [5.74, 6) is 5.24. The summed E-state index contributed by atoms with van der Waals surface area (Å²) in [5.41, 5.74) is 2.23. The summed E-state index contributed by atoms with van der Waals surface area (Å²) in [4.78, 5) is 0. The summed E-state index contributed by atoms with van der Waals surface area (Å²) in [6, 6.07) is 0. The monoisotopic (exact) mass is 114 g/mol. The molecule has 0 rings (SSSR count). The second-order valence-corrected chi connectivity index (χ2v) is 1.15. The Bertz CT molecular complexity index is 98.6. The van der Waals surface area contributed by atoms with E-state index in [2.05, 4.69) is 12.0 Å². The average molecular weight is 114 g/mol. The van der Waals surface area contributed by atoms with Gasteiger partial charge in [0.25, 0.3) is 0 Å². The first kappa shape index (κ1) is 7.04. The van der Waals surface area contributed by atoms with Crippen molar-refractivity contribution in [1.82, 2.24) is 5.43 Å². The quantitative estimate of drug-likeness (QED) is 0.318. The maximum atomic E-state index is 4.90. The maximum absolute atomic E-state index is 4.90. The van der Waals surface area contributed by atoms with Crippen molar-refractivity contribution < 1.29 is 4.74 Å². The Labute approximate surface area is 48.8 Å². The molecule has 0 aliphatic heterocycles. The fourth-order valence-electron chi connectivity index (χ4n) is 0.184. The summed E-state index contributed by atoms with van der Waals surface area (Å²) < 4.78 is 4.73. The molecule has 0 heterocycles. The molecule has 8 heavy (non-hydrogen) atoms. The number of rotatable bonds is 3. The van der Waals surface area contributed by atoms with Crippen LogP contribution in [0.15, 0.2) is 24.8 Å². The molecule has 3 nitrogen and oxygen atoms in total. The van der Waals surface area contributed by atoms with Crippen molar-refractivity contribution >= 4 is 0 Å². The summed E-state index contributed by atoms with van der Waals surface area (Å²) in [6.07, 6.45) is 3.23. The van der Waals surface area contributed by atoms with E-state index >= 15 is 0 Å². The van der Waals surface area contributed by atoms with Crippen LogP contribution in [-0.4, -0.2) is 0 Å². The molecule has 0 fully saturated rings. The van der Waals surface area contributed by atoms with Crippen molar-refractivity contribution in [2.45, 2.75) is 6.92 Å². The smallest absolute Gasteiger partial charge is 0.199 e. The van der Waals surface area contributed by atoms with E-state index in [1.807, 2.05) is 6.92 Å². The zero-order chi connectivity index (χ0) is 6.41. The van der Waals surface area contributed by atoms with Crippen molar-refractivity contribution in [1.29, 1.82) is 0 Å². The third-order valence-electron chi connectivity index (χ3n) is 0.507. The highest BCUT2D eigenvalue weighted by Crippen LogP contribution is 1.84. The minimum Gasteiger partial charge on any atom is -0.449 e. The highest BCUT2D eigenvalue weighted by atomic mass is 16.5. The predicted octanol–water partition coefficient (Wildman–Crippen LogP) is 0.471. The molecule has 0 saturated carbocycles. The fourth-order valence-corrected chi connectivity index (χ4v) is 0.184. The van der Waals surface area contributed by atoms with E-state index in [4.69, 9.17) is 10.6 Å². The van der Waals surface area contributed by atoms with E-state index in [-0.39, 0.29) is 0 Å². The number of ether oxygens (including phenoxy) is 1. The Hall–Kier alpha value is -0.960. The number of nitrogens with two attached hydrogens (primary N) is 1. The molecule has 0 amide bonds. The molecule has 3 heteroatoms. The van der Waals surface area contributed by atoms with Gasteiger partial charge in [0.05, 0.1) is 6.26 Å². The van der Waals surface area contributed by atoms with Crippen molar-refractivity contribution in [2.75, 3.05) is 0 Å². The van der Waals surface area contributed by atoms with Crippen LogP contribution < -0.4 is 11.3 Å². The second kappa shape index (κ2) is 4.21. The van der Waals surface area contributed by atoms with Gasteiger partial charge in [-0.15, -0.1) is 0 Å². The molecular formula is C5H10N2O. The van der Waals surface area contributed by atoms with Crippen LogP contribution in [0.4, 0.5) is 0 Å². The molecule has 0 spiro atoms. The first-order valence-corrected chi connectivity index (χ1v) is 2.24. The topological polar surface area (TPSA) is 47.3 Å². The third-order valence-corrected chi connectivity index (χ3v) is 0.507. The molecule has 3 N–H and O–H groups in total. The van der Waals surface area contributed by atoms with Crippen LogP contribution in [0.1, 0.15) is 6.92 Å². The lowest BCUT2D eigenvalue weighted by molar-refractivity contribution is 0.318. The van der Waals surface area contributed by atoms with Gasteiger partial charge in [-0.05, 0) is 13.5 Å². The lowest BCUT2D eigenvalue weighted by atomic mass is 10.7. The fraction of sp³-hybridized carbons (Fsp3) is 0.200. The van der Waals surface area contributed by atoms with Crippen LogP contribution in [0.25, 0.3) is 0 Å². The predicted molar refractivity (Wildman–Crippen MR) is 32.4 cm³/mol. The minimum atomic E-state index is 0.336. The molecule has 0 saturated heterocycles. The number of hydrogen-bond acceptors (Lipinski definition) is 3. The summed E-state index contributed by atoms with van der Waals surface area (Å²) in [5, 5.41) is 0. The molecule has 0 radical (unpaired) electrons. The van der Waals surface area contributed by atoms with E-state index in [1.165, 1.54) is 6.26 Å². The van der Waals surface area contributed by atoms with Gasteiger partial charge in [-0.2, -0.15) is 0 Å². The number of allylic oxidation sites excluding steroid dienone is 1. The summed E-state index contributed by atoms with van der Waals surface area (Å²) in [7, 11) is 0. The van der Waals surface area contributed by atoms with E-state index < -0.39 is 0 Å². The van der Waals surface area contributed by atoms with Crippen molar-refractivity contribution in [2.24, 2.45) is 5.84 Å². The number of hydrazine groups is 1. The molecule has 0 aromatic heterocycles. The van der Waals surface area contributed by atoms with Crippen LogP contribution in [0.5, 0.6) is 0 Å².